The molecule has 5 rings (SSSR count). The quantitative estimate of drug-likeness (QED) is 0.767. The van der Waals surface area contributed by atoms with Gasteiger partial charge in [-0.15, -0.1) is 0 Å². The molecule has 0 unspecified atom stereocenters. The Morgan fingerprint density at radius 3 is 2.37 bits per heavy atom. The third kappa shape index (κ3) is 3.76. The standard InChI is InChI=1S/C23H35N3O/c1-24-8-10-25(11-9-24)12-13-27-23-5-3-2-4-20(23)15-26-16-21-18-6-7-19(14-18)22(21)17-26/h2-5,18-19,21-22H,6-17H2,1H3/t18-,19+,21-,22+. The van der Waals surface area contributed by atoms with E-state index in [0.29, 0.717) is 0 Å². The minimum absolute atomic E-state index is 0.802. The predicted molar refractivity (Wildman–Crippen MR) is 109 cm³/mol. The van der Waals surface area contributed by atoms with Crippen LogP contribution < -0.4 is 4.74 Å². The first kappa shape index (κ1) is 18.0. The summed E-state index contributed by atoms with van der Waals surface area (Å²) < 4.78 is 6.24. The van der Waals surface area contributed by atoms with Gasteiger partial charge in [-0.05, 0) is 56.0 Å². The second-order valence-corrected chi connectivity index (χ2v) is 9.46. The maximum absolute atomic E-state index is 6.24. The Labute approximate surface area is 164 Å². The molecule has 2 aliphatic heterocycles. The second-order valence-electron chi connectivity index (χ2n) is 9.46. The lowest BCUT2D eigenvalue weighted by Gasteiger charge is -2.32. The van der Waals surface area contributed by atoms with E-state index in [0.717, 1.165) is 49.1 Å². The Bertz CT molecular complexity index is 624. The Morgan fingerprint density at radius 1 is 0.926 bits per heavy atom. The molecule has 2 heterocycles. The van der Waals surface area contributed by atoms with Crippen LogP contribution in [0.15, 0.2) is 24.3 Å². The smallest absolute Gasteiger partial charge is 0.123 e. The molecule has 27 heavy (non-hydrogen) atoms. The van der Waals surface area contributed by atoms with Gasteiger partial charge in [0, 0.05) is 57.9 Å². The van der Waals surface area contributed by atoms with Crippen LogP contribution in [0.5, 0.6) is 5.75 Å². The largest absolute Gasteiger partial charge is 0.492 e. The van der Waals surface area contributed by atoms with Gasteiger partial charge >= 0.3 is 0 Å². The molecule has 0 amide bonds. The molecule has 1 aromatic rings. The van der Waals surface area contributed by atoms with Crippen molar-refractivity contribution in [1.82, 2.24) is 14.7 Å². The number of hydrogen-bond donors (Lipinski definition) is 0. The zero-order chi connectivity index (χ0) is 18.2. The van der Waals surface area contributed by atoms with Crippen LogP contribution in [0.2, 0.25) is 0 Å². The van der Waals surface area contributed by atoms with Gasteiger partial charge in [-0.25, -0.2) is 0 Å². The summed E-state index contributed by atoms with van der Waals surface area (Å²) in [4.78, 5) is 7.65. The van der Waals surface area contributed by atoms with E-state index >= 15 is 0 Å². The average molecular weight is 370 g/mol. The van der Waals surface area contributed by atoms with Crippen LogP contribution in [-0.2, 0) is 6.54 Å². The highest BCUT2D eigenvalue weighted by Gasteiger charge is 2.51. The Balaban J connectivity index is 1.14. The van der Waals surface area contributed by atoms with Crippen molar-refractivity contribution in [2.75, 3.05) is 59.5 Å². The number of likely N-dealkylation sites (N-methyl/N-ethyl adjacent to an activating group) is 1. The van der Waals surface area contributed by atoms with Crippen LogP contribution >= 0.6 is 0 Å². The first-order valence-electron chi connectivity index (χ1n) is 11.1. The zero-order valence-electron chi connectivity index (χ0n) is 16.9. The maximum Gasteiger partial charge on any atom is 0.123 e. The number of benzene rings is 1. The Kier molecular flexibility index (Phi) is 5.14. The summed E-state index contributed by atoms with van der Waals surface area (Å²) in [7, 11) is 2.21. The van der Waals surface area contributed by atoms with E-state index in [9.17, 15) is 0 Å². The minimum Gasteiger partial charge on any atom is -0.492 e. The highest BCUT2D eigenvalue weighted by atomic mass is 16.5. The predicted octanol–water partition coefficient (Wildman–Crippen LogP) is 2.79. The number of para-hydroxylation sites is 1. The minimum atomic E-state index is 0.802. The van der Waals surface area contributed by atoms with Crippen LogP contribution in [0.1, 0.15) is 24.8 Å². The van der Waals surface area contributed by atoms with Gasteiger partial charge in [0.2, 0.25) is 0 Å². The van der Waals surface area contributed by atoms with E-state index in [4.69, 9.17) is 4.74 Å². The highest BCUT2D eigenvalue weighted by molar-refractivity contribution is 5.33. The lowest BCUT2D eigenvalue weighted by molar-refractivity contribution is 0.133. The van der Waals surface area contributed by atoms with Crippen molar-refractivity contribution < 1.29 is 4.74 Å². The topological polar surface area (TPSA) is 19.0 Å². The van der Waals surface area contributed by atoms with Gasteiger partial charge < -0.3 is 9.64 Å². The molecule has 0 N–H and O–H groups in total. The van der Waals surface area contributed by atoms with Gasteiger partial charge in [0.1, 0.15) is 12.4 Å². The summed E-state index contributed by atoms with van der Waals surface area (Å²) >= 11 is 0. The fourth-order valence-corrected chi connectivity index (χ4v) is 6.27. The van der Waals surface area contributed by atoms with Crippen molar-refractivity contribution in [3.8, 4) is 5.75 Å². The van der Waals surface area contributed by atoms with E-state index < -0.39 is 0 Å². The van der Waals surface area contributed by atoms with Gasteiger partial charge in [0.25, 0.3) is 0 Å². The molecule has 0 aromatic heterocycles. The summed E-state index contributed by atoms with van der Waals surface area (Å²) in [6.45, 7) is 10.2. The maximum atomic E-state index is 6.24. The molecule has 4 atom stereocenters. The molecule has 148 valence electrons. The number of rotatable bonds is 6. The van der Waals surface area contributed by atoms with Crippen LogP contribution in [0.25, 0.3) is 0 Å². The molecule has 4 heteroatoms. The summed E-state index contributed by atoms with van der Waals surface area (Å²) in [5.41, 5.74) is 1.38. The third-order valence-electron chi connectivity index (χ3n) is 7.84. The van der Waals surface area contributed by atoms with Gasteiger partial charge in [0.05, 0.1) is 0 Å². The molecule has 1 aromatic carbocycles. The molecule has 2 saturated carbocycles. The van der Waals surface area contributed by atoms with Crippen molar-refractivity contribution in [3.05, 3.63) is 29.8 Å². The van der Waals surface area contributed by atoms with Crippen molar-refractivity contribution >= 4 is 0 Å². The summed E-state index contributed by atoms with van der Waals surface area (Å²) in [5, 5.41) is 0. The number of hydrogen-bond acceptors (Lipinski definition) is 4. The van der Waals surface area contributed by atoms with Crippen LogP contribution in [0, 0.1) is 23.7 Å². The lowest BCUT2D eigenvalue weighted by atomic mass is 9.82. The molecule has 4 nitrogen and oxygen atoms in total. The average Bonchev–Trinajstić information content (AvgIpc) is 3.38. The number of fused-ring (bicyclic) bond motifs is 5. The second kappa shape index (κ2) is 7.73. The molecule has 0 radical (unpaired) electrons. The highest BCUT2D eigenvalue weighted by Crippen LogP contribution is 2.55. The van der Waals surface area contributed by atoms with E-state index in [2.05, 4.69) is 46.0 Å². The normalized spacial score (nSPS) is 34.3. The molecule has 4 fully saturated rings. The van der Waals surface area contributed by atoms with Crippen molar-refractivity contribution in [3.63, 3.8) is 0 Å². The fourth-order valence-electron chi connectivity index (χ4n) is 6.27. The van der Waals surface area contributed by atoms with Gasteiger partial charge in [-0.2, -0.15) is 0 Å². The molecule has 0 spiro atoms. The van der Waals surface area contributed by atoms with E-state index in [1.54, 1.807) is 0 Å². The van der Waals surface area contributed by atoms with Gasteiger partial charge in [-0.1, -0.05) is 18.2 Å². The number of piperazine rings is 1. The van der Waals surface area contributed by atoms with Crippen LogP contribution in [0.3, 0.4) is 0 Å². The van der Waals surface area contributed by atoms with Crippen LogP contribution in [0.4, 0.5) is 0 Å². The molecule has 2 saturated heterocycles. The van der Waals surface area contributed by atoms with Crippen molar-refractivity contribution in [2.45, 2.75) is 25.8 Å². The Morgan fingerprint density at radius 2 is 1.63 bits per heavy atom. The molecule has 2 aliphatic carbocycles. The van der Waals surface area contributed by atoms with Gasteiger partial charge in [0.15, 0.2) is 0 Å². The van der Waals surface area contributed by atoms with E-state index in [-0.39, 0.29) is 0 Å². The number of ether oxygens (including phenoxy) is 1. The van der Waals surface area contributed by atoms with Crippen molar-refractivity contribution in [2.24, 2.45) is 23.7 Å². The summed E-state index contributed by atoms with van der Waals surface area (Å²) in [6.07, 6.45) is 4.55. The molecular weight excluding hydrogens is 334 g/mol. The van der Waals surface area contributed by atoms with Gasteiger partial charge in [-0.3, -0.25) is 9.80 Å². The molecule has 2 bridgehead atoms. The van der Waals surface area contributed by atoms with E-state index in [1.807, 2.05) is 0 Å². The Hall–Kier alpha value is -1.10. The first-order valence-corrected chi connectivity index (χ1v) is 11.1. The SMILES string of the molecule is CN1CCN(CCOc2ccccc2CN2C[C@@H]3[C@@H]4CC[C@@H](C4)[C@@H]3C2)CC1. The monoisotopic (exact) mass is 369 g/mol. The van der Waals surface area contributed by atoms with E-state index in [1.165, 1.54) is 64.1 Å². The molecular formula is C23H35N3O. The summed E-state index contributed by atoms with van der Waals surface area (Å²) in [6, 6.07) is 8.73. The number of nitrogens with zero attached hydrogens (tertiary/aromatic N) is 3. The summed E-state index contributed by atoms with van der Waals surface area (Å²) in [5.74, 6) is 5.18. The molecule has 4 aliphatic rings. The third-order valence-corrected chi connectivity index (χ3v) is 7.84. The van der Waals surface area contributed by atoms with Crippen LogP contribution in [-0.4, -0.2) is 74.2 Å². The zero-order valence-corrected chi connectivity index (χ0v) is 16.9. The van der Waals surface area contributed by atoms with Crippen molar-refractivity contribution in [1.29, 1.82) is 0 Å². The number of likely N-dealkylation sites (tertiary alicyclic amines) is 1. The first-order chi connectivity index (χ1) is 13.3. The lowest BCUT2D eigenvalue weighted by Crippen LogP contribution is -2.45. The fraction of sp³-hybridized carbons (Fsp3) is 0.739.